The standard InChI is InChI=1S/C17H15ClFN5O5S2/c1-9(25)20-7-11-8-24(17(26)29-11)10-2-3-13(12(19)6-10)22-31(27,28)15-14(18)21-16-23(15)4-5-30-16/h2-6,11,22H,7-8H2,1H3,(H,20,25)/t11-/m0/s1. The van der Waals surface area contributed by atoms with Gasteiger partial charge >= 0.3 is 6.09 Å². The molecule has 1 aromatic carbocycles. The molecule has 3 aromatic rings. The van der Waals surface area contributed by atoms with Gasteiger partial charge in [-0.3, -0.25) is 18.8 Å². The van der Waals surface area contributed by atoms with Gasteiger partial charge in [0.2, 0.25) is 5.91 Å². The van der Waals surface area contributed by atoms with Crippen molar-refractivity contribution in [2.75, 3.05) is 22.7 Å². The first kappa shape index (κ1) is 21.3. The van der Waals surface area contributed by atoms with Crippen molar-refractivity contribution in [1.82, 2.24) is 14.7 Å². The van der Waals surface area contributed by atoms with Crippen LogP contribution in [0.5, 0.6) is 0 Å². The summed E-state index contributed by atoms with van der Waals surface area (Å²) in [5.41, 5.74) is -0.147. The lowest BCUT2D eigenvalue weighted by atomic mass is 10.2. The number of aromatic nitrogens is 2. The molecule has 2 aromatic heterocycles. The van der Waals surface area contributed by atoms with Crippen LogP contribution >= 0.6 is 22.9 Å². The summed E-state index contributed by atoms with van der Waals surface area (Å²) in [7, 11) is -4.25. The van der Waals surface area contributed by atoms with Crippen molar-refractivity contribution in [3.8, 4) is 0 Å². The molecule has 3 heterocycles. The number of hydrogen-bond acceptors (Lipinski definition) is 7. The van der Waals surface area contributed by atoms with Gasteiger partial charge in [0.1, 0.15) is 11.9 Å². The molecule has 0 spiro atoms. The number of amides is 2. The number of sulfonamides is 1. The third-order valence-electron chi connectivity index (χ3n) is 4.39. The fraction of sp³-hybridized carbons (Fsp3) is 0.235. The van der Waals surface area contributed by atoms with E-state index in [9.17, 15) is 22.4 Å². The first-order valence-corrected chi connectivity index (χ1v) is 11.6. The number of benzene rings is 1. The number of hydrogen-bond donors (Lipinski definition) is 2. The van der Waals surface area contributed by atoms with E-state index >= 15 is 0 Å². The van der Waals surface area contributed by atoms with Gasteiger partial charge in [-0.1, -0.05) is 11.6 Å². The second-order valence-corrected chi connectivity index (χ2v) is 9.42. The fourth-order valence-electron chi connectivity index (χ4n) is 3.02. The molecule has 0 radical (unpaired) electrons. The lowest BCUT2D eigenvalue weighted by Gasteiger charge is -2.15. The first-order valence-electron chi connectivity index (χ1n) is 8.81. The van der Waals surface area contributed by atoms with Crippen molar-refractivity contribution in [3.63, 3.8) is 0 Å². The maximum absolute atomic E-state index is 14.7. The fourth-order valence-corrected chi connectivity index (χ4v) is 5.55. The molecular formula is C17H15ClFN5O5S2. The second-order valence-electron chi connectivity index (χ2n) is 6.59. The molecule has 0 aliphatic carbocycles. The summed E-state index contributed by atoms with van der Waals surface area (Å²) in [6.07, 6.45) is 0.201. The molecule has 1 aliphatic rings. The van der Waals surface area contributed by atoms with Gasteiger partial charge in [0, 0.05) is 18.5 Å². The molecule has 0 unspecified atom stereocenters. The van der Waals surface area contributed by atoms with Crippen molar-refractivity contribution in [2.24, 2.45) is 0 Å². The number of carbonyl (C=O) groups is 2. The summed E-state index contributed by atoms with van der Waals surface area (Å²) >= 11 is 7.16. The third kappa shape index (κ3) is 4.16. The first-order chi connectivity index (χ1) is 14.7. The molecule has 10 nitrogen and oxygen atoms in total. The molecule has 0 saturated carbocycles. The predicted molar refractivity (Wildman–Crippen MR) is 112 cm³/mol. The molecule has 1 atom stereocenters. The maximum Gasteiger partial charge on any atom is 0.414 e. The molecule has 0 bridgehead atoms. The SMILES string of the molecule is CC(=O)NC[C@H]1CN(c2ccc(NS(=O)(=O)c3c(Cl)nc4sccn34)c(F)c2)C(=O)O1. The van der Waals surface area contributed by atoms with E-state index < -0.39 is 28.0 Å². The average Bonchev–Trinajstić information content (AvgIpc) is 3.35. The minimum Gasteiger partial charge on any atom is -0.442 e. The van der Waals surface area contributed by atoms with Crippen molar-refractivity contribution in [1.29, 1.82) is 0 Å². The van der Waals surface area contributed by atoms with E-state index in [0.29, 0.717) is 4.96 Å². The van der Waals surface area contributed by atoms with Gasteiger partial charge in [-0.05, 0) is 18.2 Å². The van der Waals surface area contributed by atoms with Crippen LogP contribution in [0, 0.1) is 5.82 Å². The van der Waals surface area contributed by atoms with Gasteiger partial charge in [-0.2, -0.15) is 8.42 Å². The van der Waals surface area contributed by atoms with Crippen molar-refractivity contribution < 1.29 is 27.1 Å². The van der Waals surface area contributed by atoms with Crippen molar-refractivity contribution in [3.05, 3.63) is 40.7 Å². The van der Waals surface area contributed by atoms with E-state index in [-0.39, 0.29) is 40.6 Å². The number of nitrogens with one attached hydrogen (secondary N) is 2. The lowest BCUT2D eigenvalue weighted by Crippen LogP contribution is -2.33. The van der Waals surface area contributed by atoms with Gasteiger partial charge in [0.05, 0.1) is 24.5 Å². The molecule has 2 N–H and O–H groups in total. The summed E-state index contributed by atoms with van der Waals surface area (Å²) in [6.45, 7) is 1.57. The van der Waals surface area contributed by atoms with Gasteiger partial charge < -0.3 is 10.1 Å². The molecule has 4 rings (SSSR count). The summed E-state index contributed by atoms with van der Waals surface area (Å²) in [5.74, 6) is -1.17. The van der Waals surface area contributed by atoms with Crippen LogP contribution in [-0.4, -0.2) is 49.0 Å². The van der Waals surface area contributed by atoms with E-state index in [1.54, 1.807) is 5.38 Å². The summed E-state index contributed by atoms with van der Waals surface area (Å²) < 4.78 is 48.8. The van der Waals surface area contributed by atoms with Crippen LogP contribution in [0.25, 0.3) is 4.96 Å². The maximum atomic E-state index is 14.7. The van der Waals surface area contributed by atoms with Crippen LogP contribution in [0.15, 0.2) is 34.8 Å². The van der Waals surface area contributed by atoms with E-state index in [4.69, 9.17) is 16.3 Å². The third-order valence-corrected chi connectivity index (χ3v) is 6.91. The highest BCUT2D eigenvalue weighted by Crippen LogP contribution is 2.30. The number of carbonyl (C=O) groups excluding carboxylic acids is 2. The van der Waals surface area contributed by atoms with Gasteiger partial charge in [0.25, 0.3) is 10.0 Å². The summed E-state index contributed by atoms with van der Waals surface area (Å²) in [6, 6.07) is 3.58. The highest BCUT2D eigenvalue weighted by molar-refractivity contribution is 7.92. The van der Waals surface area contributed by atoms with E-state index in [1.807, 2.05) is 0 Å². The molecule has 2 amide bonds. The van der Waals surface area contributed by atoms with Crippen molar-refractivity contribution >= 4 is 61.3 Å². The number of cyclic esters (lactones) is 1. The lowest BCUT2D eigenvalue weighted by molar-refractivity contribution is -0.119. The molecular weight excluding hydrogens is 473 g/mol. The number of nitrogens with zero attached hydrogens (tertiary/aromatic N) is 3. The minimum atomic E-state index is -4.25. The Kier molecular flexibility index (Phi) is 5.49. The zero-order valence-corrected chi connectivity index (χ0v) is 18.2. The van der Waals surface area contributed by atoms with Crippen LogP contribution in [0.2, 0.25) is 5.15 Å². The Morgan fingerprint density at radius 1 is 1.45 bits per heavy atom. The largest absolute Gasteiger partial charge is 0.442 e. The Morgan fingerprint density at radius 3 is 2.94 bits per heavy atom. The van der Waals surface area contributed by atoms with E-state index in [2.05, 4.69) is 15.0 Å². The highest BCUT2D eigenvalue weighted by atomic mass is 35.5. The van der Waals surface area contributed by atoms with Gasteiger partial charge in [-0.15, -0.1) is 11.3 Å². The smallest absolute Gasteiger partial charge is 0.414 e. The monoisotopic (exact) mass is 487 g/mol. The average molecular weight is 488 g/mol. The Bertz CT molecular complexity index is 1290. The highest BCUT2D eigenvalue weighted by Gasteiger charge is 2.33. The number of rotatable bonds is 6. The second kappa shape index (κ2) is 7.98. The normalized spacial score (nSPS) is 16.5. The number of imidazole rings is 1. The van der Waals surface area contributed by atoms with Gasteiger partial charge in [-0.25, -0.2) is 14.2 Å². The number of thiazole rings is 1. The Morgan fingerprint density at radius 2 is 2.23 bits per heavy atom. The quantitative estimate of drug-likeness (QED) is 0.550. The Hall–Kier alpha value is -2.90. The number of fused-ring (bicyclic) bond motifs is 1. The molecule has 164 valence electrons. The number of anilines is 2. The Labute approximate surface area is 184 Å². The van der Waals surface area contributed by atoms with Crippen LogP contribution in [0.4, 0.5) is 20.6 Å². The summed E-state index contributed by atoms with van der Waals surface area (Å²) in [5, 5.41) is 3.64. The van der Waals surface area contributed by atoms with Crippen molar-refractivity contribution in [2.45, 2.75) is 18.1 Å². The predicted octanol–water partition coefficient (Wildman–Crippen LogP) is 2.45. The van der Waals surface area contributed by atoms with E-state index in [0.717, 1.165) is 6.07 Å². The van der Waals surface area contributed by atoms with Crippen LogP contribution < -0.4 is 14.9 Å². The Balaban J connectivity index is 1.54. The number of ether oxygens (including phenoxy) is 1. The molecule has 1 fully saturated rings. The zero-order chi connectivity index (χ0) is 22.3. The van der Waals surface area contributed by atoms with E-state index in [1.165, 1.54) is 45.9 Å². The van der Waals surface area contributed by atoms with Crippen LogP contribution in [0.3, 0.4) is 0 Å². The van der Waals surface area contributed by atoms with Gasteiger partial charge in [0.15, 0.2) is 15.1 Å². The van der Waals surface area contributed by atoms with Crippen LogP contribution in [-0.2, 0) is 19.6 Å². The zero-order valence-electron chi connectivity index (χ0n) is 15.8. The number of halogens is 2. The summed E-state index contributed by atoms with van der Waals surface area (Å²) in [4.78, 5) is 28.6. The molecule has 31 heavy (non-hydrogen) atoms. The van der Waals surface area contributed by atoms with Crippen LogP contribution in [0.1, 0.15) is 6.92 Å². The minimum absolute atomic E-state index is 0.102. The molecule has 1 saturated heterocycles. The topological polar surface area (TPSA) is 122 Å². The molecule has 14 heteroatoms. The molecule has 1 aliphatic heterocycles.